The highest BCUT2D eigenvalue weighted by atomic mass is 32.2. The Morgan fingerprint density at radius 2 is 1.87 bits per heavy atom. The molecule has 0 saturated carbocycles. The zero-order valence-corrected chi connectivity index (χ0v) is 20.3. The number of hydrogen-bond donors (Lipinski definition) is 1. The minimum absolute atomic E-state index is 0.304. The lowest BCUT2D eigenvalue weighted by molar-refractivity contribution is 0.240. The van der Waals surface area contributed by atoms with Gasteiger partial charge in [0.1, 0.15) is 5.65 Å². The minimum Gasteiger partial charge on any atom is -0.396 e. The molecule has 0 amide bonds. The van der Waals surface area contributed by atoms with Gasteiger partial charge in [-0.05, 0) is 80.5 Å². The van der Waals surface area contributed by atoms with E-state index in [0.717, 1.165) is 43.7 Å². The molecular formula is C26H35N3OS. The fourth-order valence-electron chi connectivity index (χ4n) is 4.84. The molecule has 1 aliphatic rings. The normalized spacial score (nSPS) is 15.4. The van der Waals surface area contributed by atoms with Crippen molar-refractivity contribution < 1.29 is 5.11 Å². The molecule has 0 aliphatic carbocycles. The van der Waals surface area contributed by atoms with E-state index in [2.05, 4.69) is 73.9 Å². The first kappa shape index (κ1) is 22.2. The molecule has 0 radical (unpaired) electrons. The lowest BCUT2D eigenvalue weighted by atomic mass is 9.93. The number of aryl methyl sites for hydroxylation is 2. The number of benzene rings is 1. The van der Waals surface area contributed by atoms with E-state index >= 15 is 0 Å². The van der Waals surface area contributed by atoms with Crippen LogP contribution in [0.15, 0.2) is 35.4 Å². The topological polar surface area (TPSA) is 41.3 Å². The lowest BCUT2D eigenvalue weighted by Gasteiger charge is -2.34. The average Bonchev–Trinajstić information content (AvgIpc) is 3.09. The second-order valence-corrected chi connectivity index (χ2v) is 10.0. The van der Waals surface area contributed by atoms with Crippen LogP contribution in [0.1, 0.15) is 55.8 Å². The van der Waals surface area contributed by atoms with Gasteiger partial charge in [0.15, 0.2) is 0 Å². The number of aliphatic hydroxyl groups excluding tert-OH is 1. The van der Waals surface area contributed by atoms with E-state index in [-0.39, 0.29) is 0 Å². The number of anilines is 1. The van der Waals surface area contributed by atoms with Crippen LogP contribution in [0.5, 0.6) is 0 Å². The highest BCUT2D eigenvalue weighted by Crippen LogP contribution is 2.37. The molecule has 1 fully saturated rings. The van der Waals surface area contributed by atoms with Crippen molar-refractivity contribution >= 4 is 28.5 Å². The van der Waals surface area contributed by atoms with E-state index < -0.39 is 0 Å². The van der Waals surface area contributed by atoms with Crippen LogP contribution in [0, 0.1) is 19.8 Å². The Morgan fingerprint density at radius 3 is 2.52 bits per heavy atom. The van der Waals surface area contributed by atoms with Gasteiger partial charge in [-0.25, -0.2) is 4.98 Å². The molecule has 0 bridgehead atoms. The zero-order chi connectivity index (χ0) is 22.1. The van der Waals surface area contributed by atoms with Gasteiger partial charge in [-0.15, -0.1) is 11.8 Å². The fourth-order valence-corrected chi connectivity index (χ4v) is 5.47. The molecule has 2 aromatic heterocycles. The minimum atomic E-state index is 0.304. The van der Waals surface area contributed by atoms with E-state index in [0.29, 0.717) is 18.4 Å². The number of rotatable bonds is 6. The third-order valence-corrected chi connectivity index (χ3v) is 7.44. The van der Waals surface area contributed by atoms with Gasteiger partial charge in [0.25, 0.3) is 0 Å². The van der Waals surface area contributed by atoms with Gasteiger partial charge in [0.2, 0.25) is 0 Å². The summed E-state index contributed by atoms with van der Waals surface area (Å²) in [5, 5.41) is 10.6. The van der Waals surface area contributed by atoms with Gasteiger partial charge >= 0.3 is 0 Å². The molecule has 4 rings (SSSR count). The molecule has 3 aromatic rings. The van der Waals surface area contributed by atoms with Gasteiger partial charge in [-0.1, -0.05) is 19.9 Å². The van der Waals surface area contributed by atoms with Crippen molar-refractivity contribution in [1.29, 1.82) is 0 Å². The first-order chi connectivity index (χ1) is 14.9. The fraction of sp³-hybridized carbons (Fsp3) is 0.500. The van der Waals surface area contributed by atoms with Gasteiger partial charge in [-0.2, -0.15) is 0 Å². The van der Waals surface area contributed by atoms with E-state index in [1.165, 1.54) is 32.8 Å². The Labute approximate surface area is 190 Å². The van der Waals surface area contributed by atoms with Crippen molar-refractivity contribution in [3.05, 3.63) is 47.3 Å². The number of fused-ring (bicyclic) bond motifs is 1. The van der Waals surface area contributed by atoms with Crippen LogP contribution in [-0.4, -0.2) is 40.6 Å². The van der Waals surface area contributed by atoms with E-state index in [4.69, 9.17) is 4.98 Å². The SMILES string of the molecule is CSc1cc(C(C)C)ccc1-n1cc(C)c2c(N3CCC(CCO)CC3)cc(C)nc21. The molecule has 3 heterocycles. The largest absolute Gasteiger partial charge is 0.396 e. The molecular weight excluding hydrogens is 402 g/mol. The number of nitrogens with zero attached hydrogens (tertiary/aromatic N) is 3. The van der Waals surface area contributed by atoms with Crippen LogP contribution in [-0.2, 0) is 0 Å². The third kappa shape index (κ3) is 4.35. The summed E-state index contributed by atoms with van der Waals surface area (Å²) in [6, 6.07) is 9.09. The summed E-state index contributed by atoms with van der Waals surface area (Å²) in [6.07, 6.45) is 7.64. The number of hydrogen-bond acceptors (Lipinski definition) is 4. The second-order valence-electron chi connectivity index (χ2n) is 9.19. The number of piperidine rings is 1. The zero-order valence-electron chi connectivity index (χ0n) is 19.5. The summed E-state index contributed by atoms with van der Waals surface area (Å²) < 4.78 is 2.29. The molecule has 1 aromatic carbocycles. The number of thioether (sulfide) groups is 1. The standard InChI is InChI=1S/C26H35N3OS/c1-17(2)21-6-7-22(24(15-21)31-5)29-16-18(3)25-23(14-19(4)27-26(25)29)28-11-8-20(9-12-28)10-13-30/h6-7,14-17,20,30H,8-13H2,1-5H3. The highest BCUT2D eigenvalue weighted by molar-refractivity contribution is 7.98. The van der Waals surface area contributed by atoms with Gasteiger partial charge in [-0.3, -0.25) is 4.57 Å². The van der Waals surface area contributed by atoms with Crippen LogP contribution < -0.4 is 4.90 Å². The molecule has 4 nitrogen and oxygen atoms in total. The van der Waals surface area contributed by atoms with Crippen LogP contribution in [0.4, 0.5) is 5.69 Å². The molecule has 1 saturated heterocycles. The van der Waals surface area contributed by atoms with Crippen molar-refractivity contribution in [3.8, 4) is 5.69 Å². The van der Waals surface area contributed by atoms with Gasteiger partial charge in [0, 0.05) is 47.6 Å². The van der Waals surface area contributed by atoms with E-state index in [9.17, 15) is 5.11 Å². The van der Waals surface area contributed by atoms with Crippen LogP contribution in [0.2, 0.25) is 0 Å². The predicted octanol–water partition coefficient (Wildman–Crippen LogP) is 6.09. The molecule has 166 valence electrons. The lowest BCUT2D eigenvalue weighted by Crippen LogP contribution is -2.34. The Balaban J connectivity index is 1.79. The molecule has 1 N–H and O–H groups in total. The highest BCUT2D eigenvalue weighted by Gasteiger charge is 2.23. The monoisotopic (exact) mass is 437 g/mol. The maximum absolute atomic E-state index is 9.29. The summed E-state index contributed by atoms with van der Waals surface area (Å²) >= 11 is 1.80. The quantitative estimate of drug-likeness (QED) is 0.474. The maximum Gasteiger partial charge on any atom is 0.147 e. The van der Waals surface area contributed by atoms with E-state index in [1.807, 2.05) is 0 Å². The van der Waals surface area contributed by atoms with Crippen molar-refractivity contribution in [3.63, 3.8) is 0 Å². The van der Waals surface area contributed by atoms with Crippen molar-refractivity contribution in [2.24, 2.45) is 5.92 Å². The van der Waals surface area contributed by atoms with Gasteiger partial charge < -0.3 is 10.0 Å². The van der Waals surface area contributed by atoms with Crippen LogP contribution in [0.25, 0.3) is 16.7 Å². The van der Waals surface area contributed by atoms with Crippen LogP contribution in [0.3, 0.4) is 0 Å². The maximum atomic E-state index is 9.29. The van der Waals surface area contributed by atoms with Crippen molar-refractivity contribution in [1.82, 2.24) is 9.55 Å². The molecule has 31 heavy (non-hydrogen) atoms. The summed E-state index contributed by atoms with van der Waals surface area (Å²) in [5.41, 5.74) is 7.28. The molecule has 0 unspecified atom stereocenters. The summed E-state index contributed by atoms with van der Waals surface area (Å²) in [7, 11) is 0. The van der Waals surface area contributed by atoms with Crippen molar-refractivity contribution in [2.45, 2.75) is 57.8 Å². The molecule has 1 aliphatic heterocycles. The average molecular weight is 438 g/mol. The predicted molar refractivity (Wildman–Crippen MR) is 133 cm³/mol. The van der Waals surface area contributed by atoms with Gasteiger partial charge in [0.05, 0.1) is 5.69 Å². The number of pyridine rings is 1. The summed E-state index contributed by atoms with van der Waals surface area (Å²) in [6.45, 7) is 11.2. The Hall–Kier alpha value is -1.98. The Bertz CT molecular complexity index is 1060. The first-order valence-corrected chi connectivity index (χ1v) is 12.7. The Kier molecular flexibility index (Phi) is 6.63. The number of aromatic nitrogens is 2. The smallest absolute Gasteiger partial charge is 0.147 e. The molecule has 0 atom stereocenters. The summed E-state index contributed by atoms with van der Waals surface area (Å²) in [4.78, 5) is 8.82. The second kappa shape index (κ2) is 9.25. The first-order valence-electron chi connectivity index (χ1n) is 11.5. The molecule has 5 heteroatoms. The Morgan fingerprint density at radius 1 is 1.13 bits per heavy atom. The van der Waals surface area contributed by atoms with Crippen LogP contribution >= 0.6 is 11.8 Å². The van der Waals surface area contributed by atoms with E-state index in [1.54, 1.807) is 11.8 Å². The summed E-state index contributed by atoms with van der Waals surface area (Å²) in [5.74, 6) is 1.16. The molecule has 0 spiro atoms. The third-order valence-electron chi connectivity index (χ3n) is 6.68. The number of aliphatic hydroxyl groups is 1. The van der Waals surface area contributed by atoms with Crippen molar-refractivity contribution in [2.75, 3.05) is 30.9 Å².